The summed E-state index contributed by atoms with van der Waals surface area (Å²) in [5.41, 5.74) is 1.09. The molecule has 0 spiro atoms. The molecule has 0 atom stereocenters. The zero-order chi connectivity index (χ0) is 24.6. The third-order valence-corrected chi connectivity index (χ3v) is 7.42. The van der Waals surface area contributed by atoms with Gasteiger partial charge in [0.15, 0.2) is 0 Å². The number of hydrogen-bond donors (Lipinski definition) is 2. The quantitative estimate of drug-likeness (QED) is 0.261. The summed E-state index contributed by atoms with van der Waals surface area (Å²) >= 11 is 1.70. The lowest BCUT2D eigenvalue weighted by atomic mass is 10.2. The molecule has 0 amide bonds. The minimum Gasteiger partial charge on any atom is -0.473 e. The number of carbonyl (C=O) groups is 2. The Hall–Kier alpha value is -3.00. The van der Waals surface area contributed by atoms with Crippen molar-refractivity contribution in [3.63, 3.8) is 0 Å². The molecule has 3 rings (SSSR count). The first kappa shape index (κ1) is 26.3. The highest BCUT2D eigenvalue weighted by Crippen LogP contribution is 2.22. The summed E-state index contributed by atoms with van der Waals surface area (Å²) in [6, 6.07) is 13.4. The van der Waals surface area contributed by atoms with Crippen LogP contribution in [0.3, 0.4) is 0 Å². The van der Waals surface area contributed by atoms with Gasteiger partial charge in [0.1, 0.15) is 0 Å². The van der Waals surface area contributed by atoms with Crippen LogP contribution >= 0.6 is 11.8 Å². The summed E-state index contributed by atoms with van der Waals surface area (Å²) in [7, 11) is -3.63. The van der Waals surface area contributed by atoms with Gasteiger partial charge in [-0.25, -0.2) is 18.0 Å². The van der Waals surface area contributed by atoms with E-state index in [2.05, 4.69) is 29.2 Å². The van der Waals surface area contributed by atoms with Crippen LogP contribution in [0.1, 0.15) is 5.56 Å². The lowest BCUT2D eigenvalue weighted by Gasteiger charge is -2.34. The number of nitro groups is 1. The van der Waals surface area contributed by atoms with Crippen LogP contribution in [0.4, 0.5) is 5.69 Å². The maximum atomic E-state index is 12.7. The van der Waals surface area contributed by atoms with Gasteiger partial charge in [-0.3, -0.25) is 15.0 Å². The van der Waals surface area contributed by atoms with E-state index in [0.29, 0.717) is 26.2 Å². The number of carboxylic acid groups (broad SMARTS) is 2. The summed E-state index contributed by atoms with van der Waals surface area (Å²) in [6.45, 7) is 2.90. The van der Waals surface area contributed by atoms with Gasteiger partial charge in [0.05, 0.1) is 9.82 Å². The predicted octanol–water partition coefficient (Wildman–Crippen LogP) is 1.98. The molecule has 178 valence electrons. The molecule has 0 unspecified atom stereocenters. The van der Waals surface area contributed by atoms with E-state index < -0.39 is 26.9 Å². The lowest BCUT2D eigenvalue weighted by molar-refractivity contribution is -0.384. The second-order valence-corrected chi connectivity index (χ2v) is 9.71. The van der Waals surface area contributed by atoms with Crippen molar-refractivity contribution in [1.82, 2.24) is 9.21 Å². The SMILES string of the molecule is CSc1ccc(CN2CCN(S(=O)(=O)c3ccc([N+](=O)[O-])cc3)CC2)cc1.O=C(O)C(=O)O. The van der Waals surface area contributed by atoms with E-state index >= 15 is 0 Å². The largest absolute Gasteiger partial charge is 0.473 e. The van der Waals surface area contributed by atoms with Gasteiger partial charge in [-0.2, -0.15) is 4.31 Å². The number of benzene rings is 2. The maximum Gasteiger partial charge on any atom is 0.414 e. The van der Waals surface area contributed by atoms with Gasteiger partial charge in [-0.05, 0) is 36.1 Å². The molecule has 2 N–H and O–H groups in total. The van der Waals surface area contributed by atoms with Crippen molar-refractivity contribution < 1.29 is 33.1 Å². The van der Waals surface area contributed by atoms with E-state index in [4.69, 9.17) is 19.8 Å². The molecule has 1 aliphatic rings. The molecule has 1 fully saturated rings. The average molecular weight is 498 g/mol. The number of non-ortho nitro benzene ring substituents is 1. The fourth-order valence-corrected chi connectivity index (χ4v) is 4.84. The Kier molecular flexibility index (Phi) is 9.34. The Morgan fingerprint density at radius 3 is 1.91 bits per heavy atom. The van der Waals surface area contributed by atoms with Crippen molar-refractivity contribution in [2.24, 2.45) is 0 Å². The molecular formula is C20H23N3O8S2. The fraction of sp³-hybridized carbons (Fsp3) is 0.300. The summed E-state index contributed by atoms with van der Waals surface area (Å²) in [5, 5.41) is 25.5. The monoisotopic (exact) mass is 497 g/mol. The maximum absolute atomic E-state index is 12.7. The topological polar surface area (TPSA) is 158 Å². The van der Waals surface area contributed by atoms with Crippen LogP contribution in [-0.2, 0) is 26.2 Å². The third kappa shape index (κ3) is 7.53. The smallest absolute Gasteiger partial charge is 0.414 e. The third-order valence-electron chi connectivity index (χ3n) is 4.76. The van der Waals surface area contributed by atoms with E-state index in [9.17, 15) is 18.5 Å². The molecule has 2 aromatic rings. The molecule has 33 heavy (non-hydrogen) atoms. The van der Waals surface area contributed by atoms with E-state index in [1.165, 1.54) is 39.0 Å². The van der Waals surface area contributed by atoms with Gasteiger partial charge in [-0.1, -0.05) is 12.1 Å². The van der Waals surface area contributed by atoms with Crippen LogP contribution in [0.15, 0.2) is 58.3 Å². The molecule has 11 nitrogen and oxygen atoms in total. The van der Waals surface area contributed by atoms with Gasteiger partial charge in [0.25, 0.3) is 5.69 Å². The minimum atomic E-state index is -3.63. The minimum absolute atomic E-state index is 0.0919. The predicted molar refractivity (Wildman–Crippen MR) is 121 cm³/mol. The highest BCUT2D eigenvalue weighted by Gasteiger charge is 2.28. The first-order valence-corrected chi connectivity index (χ1v) is 12.3. The second-order valence-electron chi connectivity index (χ2n) is 6.89. The van der Waals surface area contributed by atoms with Crippen LogP contribution in [0.5, 0.6) is 0 Å². The van der Waals surface area contributed by atoms with Gasteiger partial charge < -0.3 is 10.2 Å². The number of piperazine rings is 1. The summed E-state index contributed by atoms with van der Waals surface area (Å²) in [5.74, 6) is -3.65. The van der Waals surface area contributed by atoms with Crippen LogP contribution in [-0.4, -0.2) is 77.1 Å². The molecule has 0 aliphatic carbocycles. The van der Waals surface area contributed by atoms with Crippen molar-refractivity contribution in [1.29, 1.82) is 0 Å². The normalized spacial score (nSPS) is 14.7. The number of aliphatic carboxylic acids is 2. The van der Waals surface area contributed by atoms with Gasteiger partial charge in [0, 0.05) is 49.8 Å². The van der Waals surface area contributed by atoms with E-state index in [-0.39, 0.29) is 10.6 Å². The Morgan fingerprint density at radius 2 is 1.48 bits per heavy atom. The van der Waals surface area contributed by atoms with Crippen LogP contribution < -0.4 is 0 Å². The van der Waals surface area contributed by atoms with Gasteiger partial charge in [0.2, 0.25) is 10.0 Å². The summed E-state index contributed by atoms with van der Waals surface area (Å²) in [4.78, 5) is 31.9. The van der Waals surface area contributed by atoms with E-state index in [0.717, 1.165) is 6.54 Å². The molecule has 0 bridgehead atoms. The Morgan fingerprint density at radius 1 is 0.970 bits per heavy atom. The number of rotatable bonds is 6. The number of nitro benzene ring substituents is 1. The zero-order valence-electron chi connectivity index (χ0n) is 17.7. The molecule has 1 saturated heterocycles. The molecule has 0 radical (unpaired) electrons. The highest BCUT2D eigenvalue weighted by atomic mass is 32.2. The highest BCUT2D eigenvalue weighted by molar-refractivity contribution is 7.98. The van der Waals surface area contributed by atoms with E-state index in [1.807, 2.05) is 6.26 Å². The van der Waals surface area contributed by atoms with Crippen molar-refractivity contribution >= 4 is 39.4 Å². The number of carboxylic acids is 2. The molecule has 1 heterocycles. The van der Waals surface area contributed by atoms with Crippen LogP contribution in [0, 0.1) is 10.1 Å². The van der Waals surface area contributed by atoms with Crippen molar-refractivity contribution in [2.75, 3.05) is 32.4 Å². The zero-order valence-corrected chi connectivity index (χ0v) is 19.3. The van der Waals surface area contributed by atoms with Crippen molar-refractivity contribution in [3.05, 3.63) is 64.2 Å². The lowest BCUT2D eigenvalue weighted by Crippen LogP contribution is -2.48. The van der Waals surface area contributed by atoms with Gasteiger partial charge in [-0.15, -0.1) is 11.8 Å². The number of hydrogen-bond acceptors (Lipinski definition) is 8. The molecule has 0 aromatic heterocycles. The van der Waals surface area contributed by atoms with Gasteiger partial charge >= 0.3 is 11.9 Å². The second kappa shape index (κ2) is 11.7. The number of nitrogens with zero attached hydrogens (tertiary/aromatic N) is 3. The van der Waals surface area contributed by atoms with Crippen molar-refractivity contribution in [2.45, 2.75) is 16.3 Å². The molecule has 1 aliphatic heterocycles. The molecular weight excluding hydrogens is 474 g/mol. The number of sulfonamides is 1. The van der Waals surface area contributed by atoms with Crippen molar-refractivity contribution in [3.8, 4) is 0 Å². The Labute approximate surface area is 194 Å². The summed E-state index contributed by atoms with van der Waals surface area (Å²) in [6.07, 6.45) is 2.04. The van der Waals surface area contributed by atoms with E-state index in [1.54, 1.807) is 11.8 Å². The average Bonchev–Trinajstić information content (AvgIpc) is 2.80. The van der Waals surface area contributed by atoms with Crippen LogP contribution in [0.2, 0.25) is 0 Å². The number of thioether (sulfide) groups is 1. The summed E-state index contributed by atoms with van der Waals surface area (Å²) < 4.78 is 26.9. The fourth-order valence-electron chi connectivity index (χ4n) is 3.01. The van der Waals surface area contributed by atoms with Crippen LogP contribution in [0.25, 0.3) is 0 Å². The Bertz CT molecular complexity index is 1070. The first-order valence-electron chi connectivity index (χ1n) is 9.60. The first-order chi connectivity index (χ1) is 15.5. The molecule has 0 saturated carbocycles. The Balaban J connectivity index is 0.000000569. The molecule has 13 heteroatoms. The molecule has 2 aromatic carbocycles. The standard InChI is InChI=1S/C18H21N3O4S2.C2H2O4/c1-26-17-6-2-15(3-7-17)14-19-10-12-20(13-11-19)27(24,25)18-8-4-16(5-9-18)21(22)23;3-1(4)2(5)6/h2-9H,10-14H2,1H3;(H,3,4)(H,5,6).